The normalized spacial score (nSPS) is 19.3. The number of ketones is 1. The van der Waals surface area contributed by atoms with E-state index in [1.54, 1.807) is 25.3 Å². The van der Waals surface area contributed by atoms with E-state index in [0.717, 1.165) is 15.8 Å². The number of H-pyrrole nitrogens is 1. The van der Waals surface area contributed by atoms with Crippen LogP contribution < -0.4 is 5.32 Å². The van der Waals surface area contributed by atoms with Gasteiger partial charge in [0.25, 0.3) is 5.91 Å². The average Bonchev–Trinajstić information content (AvgIpc) is 3.19. The van der Waals surface area contributed by atoms with Gasteiger partial charge in [0.15, 0.2) is 5.78 Å². The van der Waals surface area contributed by atoms with Crippen LogP contribution in [-0.4, -0.2) is 34.2 Å². The second-order valence-corrected chi connectivity index (χ2v) is 7.56. The number of fused-ring (bicyclic) bond motifs is 1. The number of para-hydroxylation sites is 1. The Bertz CT molecular complexity index is 1140. The number of amides is 3. The summed E-state index contributed by atoms with van der Waals surface area (Å²) in [5.41, 5.74) is 0.400. The number of imide groups is 1. The molecule has 1 saturated heterocycles. The zero-order valence-corrected chi connectivity index (χ0v) is 16.3. The molecule has 28 heavy (non-hydrogen) atoms. The van der Waals surface area contributed by atoms with Crippen molar-refractivity contribution in [2.24, 2.45) is 0 Å². The van der Waals surface area contributed by atoms with Crippen LogP contribution in [0.2, 0.25) is 10.0 Å². The predicted octanol–water partition coefficient (Wildman–Crippen LogP) is 4.12. The Labute approximate surface area is 170 Å². The molecule has 0 aliphatic carbocycles. The van der Waals surface area contributed by atoms with E-state index in [9.17, 15) is 14.4 Å². The number of rotatable bonds is 4. The molecule has 1 atom stereocenters. The molecule has 0 radical (unpaired) electrons. The highest BCUT2D eigenvalue weighted by molar-refractivity contribution is 6.42. The van der Waals surface area contributed by atoms with E-state index in [4.69, 9.17) is 23.2 Å². The minimum absolute atomic E-state index is 0.274. The number of hydrogen-bond acceptors (Lipinski definition) is 3. The highest BCUT2D eigenvalue weighted by Crippen LogP contribution is 2.33. The number of hydrogen-bond donors (Lipinski definition) is 2. The molecule has 0 spiro atoms. The lowest BCUT2D eigenvalue weighted by Crippen LogP contribution is -2.41. The van der Waals surface area contributed by atoms with Gasteiger partial charge in [-0.15, -0.1) is 0 Å². The molecular formula is C20H15Cl2N3O3. The molecule has 3 amide bonds. The summed E-state index contributed by atoms with van der Waals surface area (Å²) in [5, 5.41) is 4.02. The van der Waals surface area contributed by atoms with Gasteiger partial charge in [0.1, 0.15) is 5.54 Å². The first-order valence-electron chi connectivity index (χ1n) is 8.50. The summed E-state index contributed by atoms with van der Waals surface area (Å²) in [4.78, 5) is 42.2. The largest absolute Gasteiger partial charge is 0.360 e. The second-order valence-electron chi connectivity index (χ2n) is 6.75. The average molecular weight is 416 g/mol. The van der Waals surface area contributed by atoms with Crippen LogP contribution >= 0.6 is 23.2 Å². The number of Topliss-reactive ketones (excluding diaryl/α,β-unsaturated/α-hetero) is 1. The Balaban J connectivity index is 1.62. The molecule has 1 aliphatic rings. The maximum absolute atomic E-state index is 13.0. The smallest absolute Gasteiger partial charge is 0.325 e. The summed E-state index contributed by atoms with van der Waals surface area (Å²) in [6, 6.07) is 11.4. The Morgan fingerprint density at radius 2 is 1.86 bits per heavy atom. The van der Waals surface area contributed by atoms with Gasteiger partial charge in [-0.25, -0.2) is 4.79 Å². The van der Waals surface area contributed by atoms with Gasteiger partial charge in [0.05, 0.1) is 16.6 Å². The van der Waals surface area contributed by atoms with Crippen molar-refractivity contribution in [1.82, 2.24) is 15.2 Å². The van der Waals surface area contributed by atoms with Gasteiger partial charge >= 0.3 is 6.03 Å². The third-order valence-electron chi connectivity index (χ3n) is 4.96. The maximum atomic E-state index is 13.0. The molecule has 1 aromatic heterocycles. The molecule has 1 unspecified atom stereocenters. The lowest BCUT2D eigenvalue weighted by Gasteiger charge is -2.22. The quantitative estimate of drug-likeness (QED) is 0.496. The second kappa shape index (κ2) is 6.65. The molecule has 1 aliphatic heterocycles. The number of urea groups is 1. The maximum Gasteiger partial charge on any atom is 0.325 e. The van der Waals surface area contributed by atoms with Gasteiger partial charge in [-0.05, 0) is 30.7 Å². The Morgan fingerprint density at radius 1 is 1.11 bits per heavy atom. The van der Waals surface area contributed by atoms with E-state index in [1.165, 1.54) is 6.07 Å². The minimum atomic E-state index is -1.33. The van der Waals surface area contributed by atoms with Crippen molar-refractivity contribution < 1.29 is 14.4 Å². The Kier molecular flexibility index (Phi) is 4.40. The predicted molar refractivity (Wildman–Crippen MR) is 107 cm³/mol. The van der Waals surface area contributed by atoms with Crippen LogP contribution in [0.15, 0.2) is 48.7 Å². The molecule has 0 bridgehead atoms. The van der Waals surface area contributed by atoms with Crippen molar-refractivity contribution >= 4 is 51.8 Å². The summed E-state index contributed by atoms with van der Waals surface area (Å²) in [7, 11) is 0. The third kappa shape index (κ3) is 2.85. The lowest BCUT2D eigenvalue weighted by atomic mass is 9.92. The molecule has 2 heterocycles. The summed E-state index contributed by atoms with van der Waals surface area (Å²) < 4.78 is 0. The Hall–Kier alpha value is -2.83. The fourth-order valence-electron chi connectivity index (χ4n) is 3.37. The van der Waals surface area contributed by atoms with Crippen LogP contribution in [0.5, 0.6) is 0 Å². The first kappa shape index (κ1) is 18.5. The van der Waals surface area contributed by atoms with Crippen LogP contribution in [0.3, 0.4) is 0 Å². The van der Waals surface area contributed by atoms with E-state index >= 15 is 0 Å². The number of aromatic amines is 1. The summed E-state index contributed by atoms with van der Waals surface area (Å²) in [6.07, 6.45) is 1.59. The third-order valence-corrected chi connectivity index (χ3v) is 5.70. The number of aromatic nitrogens is 1. The molecule has 4 rings (SSSR count). The lowest BCUT2D eigenvalue weighted by molar-refractivity contribution is -0.130. The fourth-order valence-corrected chi connectivity index (χ4v) is 3.67. The van der Waals surface area contributed by atoms with E-state index in [2.05, 4.69) is 10.3 Å². The number of nitrogens with one attached hydrogen (secondary N) is 2. The number of carbonyl (C=O) groups is 3. The van der Waals surface area contributed by atoms with Crippen molar-refractivity contribution in [3.05, 3.63) is 69.8 Å². The van der Waals surface area contributed by atoms with E-state index in [0.29, 0.717) is 16.1 Å². The Morgan fingerprint density at radius 3 is 2.61 bits per heavy atom. The summed E-state index contributed by atoms with van der Waals surface area (Å²) in [5.74, 6) is -0.858. The molecule has 2 aromatic carbocycles. The molecular weight excluding hydrogens is 401 g/mol. The van der Waals surface area contributed by atoms with Crippen LogP contribution in [0.1, 0.15) is 22.8 Å². The highest BCUT2D eigenvalue weighted by Gasteiger charge is 2.49. The molecule has 6 nitrogen and oxygen atoms in total. The molecule has 3 aromatic rings. The van der Waals surface area contributed by atoms with Crippen LogP contribution in [0.4, 0.5) is 4.79 Å². The van der Waals surface area contributed by atoms with Gasteiger partial charge in [-0.2, -0.15) is 0 Å². The van der Waals surface area contributed by atoms with E-state index in [-0.39, 0.29) is 17.4 Å². The van der Waals surface area contributed by atoms with Crippen LogP contribution in [-0.2, 0) is 10.3 Å². The number of benzene rings is 2. The van der Waals surface area contributed by atoms with Gasteiger partial charge in [0.2, 0.25) is 0 Å². The minimum Gasteiger partial charge on any atom is -0.360 e. The van der Waals surface area contributed by atoms with Crippen LogP contribution in [0, 0.1) is 0 Å². The molecule has 142 valence electrons. The fraction of sp³-hybridized carbons (Fsp3) is 0.150. The molecule has 2 N–H and O–H groups in total. The van der Waals surface area contributed by atoms with Crippen molar-refractivity contribution in [2.75, 3.05) is 6.54 Å². The van der Waals surface area contributed by atoms with Crippen LogP contribution in [0.25, 0.3) is 10.9 Å². The zero-order chi connectivity index (χ0) is 20.1. The van der Waals surface area contributed by atoms with Crippen molar-refractivity contribution in [1.29, 1.82) is 0 Å². The van der Waals surface area contributed by atoms with E-state index in [1.807, 2.05) is 24.3 Å². The first-order chi connectivity index (χ1) is 13.3. The number of halogens is 2. The van der Waals surface area contributed by atoms with Gasteiger partial charge in [0, 0.05) is 22.7 Å². The topological polar surface area (TPSA) is 82.3 Å². The number of carbonyl (C=O) groups excluding carboxylic acids is 3. The van der Waals surface area contributed by atoms with Gasteiger partial charge in [-0.3, -0.25) is 14.5 Å². The SMILES string of the molecule is CC1(c2ccc(Cl)c(Cl)c2)NC(=O)N(CC(=O)c2c[nH]c3ccccc23)C1=O. The summed E-state index contributed by atoms with van der Waals surface area (Å²) in [6.45, 7) is 1.21. The van der Waals surface area contributed by atoms with E-state index < -0.39 is 17.5 Å². The first-order valence-corrected chi connectivity index (χ1v) is 9.26. The van der Waals surface area contributed by atoms with Crippen molar-refractivity contribution in [3.8, 4) is 0 Å². The van der Waals surface area contributed by atoms with Crippen molar-refractivity contribution in [2.45, 2.75) is 12.5 Å². The zero-order valence-electron chi connectivity index (χ0n) is 14.8. The number of nitrogens with zero attached hydrogens (tertiary/aromatic N) is 1. The van der Waals surface area contributed by atoms with Crippen molar-refractivity contribution in [3.63, 3.8) is 0 Å². The highest BCUT2D eigenvalue weighted by atomic mass is 35.5. The van der Waals surface area contributed by atoms with Gasteiger partial charge < -0.3 is 10.3 Å². The van der Waals surface area contributed by atoms with Gasteiger partial charge in [-0.1, -0.05) is 47.5 Å². The standard InChI is InChI=1S/C20H15Cl2N3O3/c1-20(11-6-7-14(21)15(22)8-11)18(27)25(19(28)24-20)10-17(26)13-9-23-16-5-3-2-4-12(13)16/h2-9,23H,10H2,1H3,(H,24,28). The summed E-state index contributed by atoms with van der Waals surface area (Å²) >= 11 is 12.0. The molecule has 8 heteroatoms. The monoisotopic (exact) mass is 415 g/mol. The molecule has 1 fully saturated rings. The molecule has 0 saturated carbocycles.